The molecule has 4 N–H and O–H groups in total. The monoisotopic (exact) mass is 565 g/mol. The Labute approximate surface area is 227 Å². The van der Waals surface area contributed by atoms with Crippen molar-refractivity contribution in [1.29, 1.82) is 0 Å². The molecule has 0 spiro atoms. The number of halogens is 2. The molecule has 3 heterocycles. The van der Waals surface area contributed by atoms with Gasteiger partial charge in [0, 0.05) is 33.4 Å². The van der Waals surface area contributed by atoms with E-state index in [0.29, 0.717) is 10.0 Å². The molecular formula is C26H17Cl2N5O6. The van der Waals surface area contributed by atoms with E-state index in [2.05, 4.69) is 15.0 Å². The number of aromatic nitrogens is 5. The predicted molar refractivity (Wildman–Crippen MR) is 140 cm³/mol. The maximum atomic E-state index is 13.8. The second-order valence-electron chi connectivity index (χ2n) is 8.36. The van der Waals surface area contributed by atoms with Crippen molar-refractivity contribution in [1.82, 2.24) is 19.1 Å². The van der Waals surface area contributed by atoms with Gasteiger partial charge in [0.05, 0.1) is 17.2 Å². The van der Waals surface area contributed by atoms with Gasteiger partial charge in [-0.2, -0.15) is 0 Å². The largest absolute Gasteiger partial charge is 0.859 e. The zero-order valence-electron chi connectivity index (χ0n) is 19.6. The summed E-state index contributed by atoms with van der Waals surface area (Å²) in [6.07, 6.45) is 2.97. The van der Waals surface area contributed by atoms with Gasteiger partial charge in [0.25, 0.3) is 11.1 Å². The number of rotatable bonds is 5. The Morgan fingerprint density at radius 1 is 0.718 bits per heavy atom. The summed E-state index contributed by atoms with van der Waals surface area (Å²) in [5.74, 6) is -3.35. The molecule has 1 unspecified atom stereocenters. The Bertz CT molecular complexity index is 1810. The van der Waals surface area contributed by atoms with Crippen molar-refractivity contribution in [2.24, 2.45) is 0 Å². The molecule has 1 atom stereocenters. The van der Waals surface area contributed by atoms with Crippen molar-refractivity contribution in [3.05, 3.63) is 141 Å². The fourth-order valence-corrected chi connectivity index (χ4v) is 4.56. The molecule has 0 aliphatic heterocycles. The van der Waals surface area contributed by atoms with Gasteiger partial charge < -0.3 is 10.2 Å². The Morgan fingerprint density at radius 2 is 1.18 bits per heavy atom. The number of benzene rings is 2. The molecule has 0 fully saturated rings. The van der Waals surface area contributed by atoms with Gasteiger partial charge in [0.15, 0.2) is 12.4 Å². The molecule has 5 aromatic rings. The van der Waals surface area contributed by atoms with E-state index in [4.69, 9.17) is 23.2 Å². The van der Waals surface area contributed by atoms with Crippen LogP contribution >= 0.6 is 23.2 Å². The summed E-state index contributed by atoms with van der Waals surface area (Å²) in [7, 11) is 0. The van der Waals surface area contributed by atoms with Crippen molar-refractivity contribution in [2.45, 2.75) is 5.92 Å². The highest BCUT2D eigenvalue weighted by molar-refractivity contribution is 6.30. The lowest BCUT2D eigenvalue weighted by atomic mass is 9.87. The van der Waals surface area contributed by atoms with Crippen molar-refractivity contribution >= 4 is 23.2 Å². The molecule has 39 heavy (non-hydrogen) atoms. The van der Waals surface area contributed by atoms with E-state index in [1.165, 1.54) is 73.1 Å². The molecule has 2 aromatic carbocycles. The van der Waals surface area contributed by atoms with Crippen LogP contribution in [0.1, 0.15) is 22.6 Å². The van der Waals surface area contributed by atoms with Crippen LogP contribution in [0.25, 0.3) is 11.4 Å². The predicted octanol–water partition coefficient (Wildman–Crippen LogP) is 1.45. The third-order valence-corrected chi connectivity index (χ3v) is 6.55. The average Bonchev–Trinajstić information content (AvgIpc) is 2.90. The van der Waals surface area contributed by atoms with E-state index in [1.54, 1.807) is 0 Å². The van der Waals surface area contributed by atoms with Crippen LogP contribution in [0, 0.1) is 0 Å². The van der Waals surface area contributed by atoms with Gasteiger partial charge in [-0.15, -0.1) is 0 Å². The zero-order valence-corrected chi connectivity index (χ0v) is 21.2. The Hall–Kier alpha value is -4.87. The molecule has 0 aliphatic carbocycles. The number of aromatic amines is 3. The van der Waals surface area contributed by atoms with E-state index in [0.717, 1.165) is 9.13 Å². The van der Waals surface area contributed by atoms with Gasteiger partial charge in [-0.05, 0) is 60.0 Å². The minimum absolute atomic E-state index is 0.108. The topological polar surface area (TPSA) is 167 Å². The molecule has 0 amide bonds. The van der Waals surface area contributed by atoms with E-state index in [9.17, 15) is 29.4 Å². The first-order chi connectivity index (χ1) is 18.7. The number of hydrogen-bond donors (Lipinski definition) is 3. The number of nitrogens with one attached hydrogen (secondary N) is 3. The van der Waals surface area contributed by atoms with Crippen LogP contribution in [0.5, 0.6) is 11.8 Å². The smallest absolute Gasteiger partial charge is 0.335 e. The van der Waals surface area contributed by atoms with Crippen molar-refractivity contribution in [3.63, 3.8) is 0 Å². The van der Waals surface area contributed by atoms with Gasteiger partial charge in [-0.25, -0.2) is 19.1 Å². The summed E-state index contributed by atoms with van der Waals surface area (Å²) in [4.78, 5) is 59.0. The summed E-state index contributed by atoms with van der Waals surface area (Å²) >= 11 is 11.9. The lowest BCUT2D eigenvalue weighted by Crippen LogP contribution is -2.38. The summed E-state index contributed by atoms with van der Waals surface area (Å²) in [5, 5.41) is 25.8. The number of hydrogen-bond acceptors (Lipinski definition) is 6. The van der Waals surface area contributed by atoms with Gasteiger partial charge in [0.1, 0.15) is 0 Å². The summed E-state index contributed by atoms with van der Waals surface area (Å²) in [5.41, 5.74) is -4.61. The maximum Gasteiger partial charge on any atom is 0.335 e. The summed E-state index contributed by atoms with van der Waals surface area (Å²) in [6, 6.07) is 14.5. The summed E-state index contributed by atoms with van der Waals surface area (Å²) < 4.78 is 1.53. The Balaban J connectivity index is 1.87. The van der Waals surface area contributed by atoms with Crippen LogP contribution in [-0.4, -0.2) is 24.2 Å². The van der Waals surface area contributed by atoms with Crippen molar-refractivity contribution in [2.75, 3.05) is 0 Å². The molecular weight excluding hydrogens is 549 g/mol. The molecule has 13 heteroatoms. The number of aromatic hydroxyl groups is 1. The van der Waals surface area contributed by atoms with Crippen molar-refractivity contribution in [3.8, 4) is 23.1 Å². The second-order valence-corrected chi connectivity index (χ2v) is 9.24. The third-order valence-electron chi connectivity index (χ3n) is 6.05. The van der Waals surface area contributed by atoms with Crippen LogP contribution in [0.15, 0.2) is 92.2 Å². The Kier molecular flexibility index (Phi) is 6.69. The molecule has 11 nitrogen and oxygen atoms in total. The highest BCUT2D eigenvalue weighted by Gasteiger charge is 2.31. The van der Waals surface area contributed by atoms with E-state index in [1.807, 2.05) is 0 Å². The molecule has 0 saturated heterocycles. The van der Waals surface area contributed by atoms with Gasteiger partial charge in [0.2, 0.25) is 5.88 Å². The van der Waals surface area contributed by atoms with E-state index >= 15 is 0 Å². The molecule has 3 aromatic heterocycles. The van der Waals surface area contributed by atoms with Crippen LogP contribution in [0.2, 0.25) is 10.0 Å². The molecule has 0 saturated carbocycles. The molecule has 0 radical (unpaired) electrons. The van der Waals surface area contributed by atoms with Crippen LogP contribution < -0.4 is 32.6 Å². The molecule has 0 aliphatic rings. The van der Waals surface area contributed by atoms with Crippen LogP contribution in [0.3, 0.4) is 0 Å². The number of H-pyrrole nitrogens is 3. The first-order valence-corrected chi connectivity index (χ1v) is 12.0. The molecule has 0 bridgehead atoms. The second kappa shape index (κ2) is 10.1. The van der Waals surface area contributed by atoms with Gasteiger partial charge in [-0.3, -0.25) is 24.1 Å². The zero-order chi connectivity index (χ0) is 27.8. The number of nitrogens with zero attached hydrogens (tertiary/aromatic N) is 2. The van der Waals surface area contributed by atoms with Gasteiger partial charge in [-0.1, -0.05) is 23.2 Å². The van der Waals surface area contributed by atoms with Crippen LogP contribution in [0.4, 0.5) is 0 Å². The minimum atomic E-state index is -1.50. The van der Waals surface area contributed by atoms with E-state index < -0.39 is 51.3 Å². The highest BCUT2D eigenvalue weighted by atomic mass is 35.5. The van der Waals surface area contributed by atoms with Crippen LogP contribution in [-0.2, 0) is 0 Å². The first kappa shape index (κ1) is 25.8. The Morgan fingerprint density at radius 3 is 1.72 bits per heavy atom. The quantitative estimate of drug-likeness (QED) is 0.291. The SMILES string of the molecule is O=c1[nH]c(=O)n(-c2ccc(Cl)cc2)c([O-])c1C(c1cc[nH+]cc1)c1c(O)n(-c2ccc(Cl)cc2)c(=O)[nH]c1=O. The average molecular weight is 566 g/mol. The summed E-state index contributed by atoms with van der Waals surface area (Å²) in [6.45, 7) is 0. The normalized spacial score (nSPS) is 11.8. The fourth-order valence-electron chi connectivity index (χ4n) is 4.31. The maximum absolute atomic E-state index is 13.8. The first-order valence-electron chi connectivity index (χ1n) is 11.3. The fraction of sp³-hybridized carbons (Fsp3) is 0.0385. The standard InChI is InChI=1S/C26H17Cl2N5O6/c27-14-1-5-16(6-2-14)32-23(36)19(21(34)30-25(32)38)18(13-9-11-29-12-10-13)20-22(35)31-26(39)33(24(20)37)17-7-3-15(28)4-8-17/h1-12,18,36-37H,(H,30,34,38)(H,31,35,39). The third kappa shape index (κ3) is 4.65. The molecule has 5 rings (SSSR count). The number of pyridine rings is 1. The van der Waals surface area contributed by atoms with Gasteiger partial charge >= 0.3 is 11.4 Å². The molecule has 196 valence electrons. The lowest BCUT2D eigenvalue weighted by Gasteiger charge is -2.26. The minimum Gasteiger partial charge on any atom is -0.859 e. The highest BCUT2D eigenvalue weighted by Crippen LogP contribution is 2.36. The van der Waals surface area contributed by atoms with Crippen molar-refractivity contribution < 1.29 is 15.2 Å². The lowest BCUT2D eigenvalue weighted by molar-refractivity contribution is -0.378. The van der Waals surface area contributed by atoms with E-state index in [-0.39, 0.29) is 16.9 Å².